The molecule has 2 N–H and O–H groups in total. The minimum absolute atomic E-state index is 0.138. The highest BCUT2D eigenvalue weighted by Gasteiger charge is 2.13. The van der Waals surface area contributed by atoms with Gasteiger partial charge in [-0.1, -0.05) is 18.2 Å². The van der Waals surface area contributed by atoms with Crippen LogP contribution in [0.4, 0.5) is 0 Å². The molecule has 108 valence electrons. The maximum Gasteiger partial charge on any atom is 0.0628 e. The molecular formula is C17H25N3. The van der Waals surface area contributed by atoms with Gasteiger partial charge in [-0.25, -0.2) is 0 Å². The lowest BCUT2D eigenvalue weighted by Gasteiger charge is -2.13. The van der Waals surface area contributed by atoms with E-state index in [9.17, 15) is 0 Å². The van der Waals surface area contributed by atoms with E-state index in [0.29, 0.717) is 0 Å². The zero-order chi connectivity index (χ0) is 14.9. The highest BCUT2D eigenvalue weighted by atomic mass is 15.3. The molecule has 3 nitrogen and oxygen atoms in total. The summed E-state index contributed by atoms with van der Waals surface area (Å²) in [7, 11) is 1.99. The quantitative estimate of drug-likeness (QED) is 0.929. The van der Waals surface area contributed by atoms with E-state index in [1.807, 2.05) is 11.7 Å². The Kier molecular flexibility index (Phi) is 4.29. The predicted octanol–water partition coefficient (Wildman–Crippen LogP) is 2.77. The van der Waals surface area contributed by atoms with Gasteiger partial charge in [-0.05, 0) is 62.8 Å². The van der Waals surface area contributed by atoms with Gasteiger partial charge in [-0.3, -0.25) is 4.68 Å². The Morgan fingerprint density at radius 1 is 1.10 bits per heavy atom. The molecule has 2 aromatic rings. The van der Waals surface area contributed by atoms with Crippen LogP contribution in [-0.4, -0.2) is 15.8 Å². The molecule has 0 amide bonds. The van der Waals surface area contributed by atoms with Crippen molar-refractivity contribution in [3.05, 3.63) is 51.8 Å². The van der Waals surface area contributed by atoms with Crippen LogP contribution in [-0.2, 0) is 19.9 Å². The number of rotatable bonds is 4. The van der Waals surface area contributed by atoms with Gasteiger partial charge in [0.2, 0.25) is 0 Å². The molecule has 1 aromatic heterocycles. The molecule has 0 aliphatic carbocycles. The summed E-state index contributed by atoms with van der Waals surface area (Å²) in [6.45, 7) is 8.46. The van der Waals surface area contributed by atoms with Crippen molar-refractivity contribution in [2.75, 3.05) is 0 Å². The molecule has 0 fully saturated rings. The monoisotopic (exact) mass is 271 g/mol. The molecule has 1 aromatic carbocycles. The number of hydrogen-bond donors (Lipinski definition) is 1. The first-order chi connectivity index (χ1) is 9.38. The van der Waals surface area contributed by atoms with Crippen molar-refractivity contribution in [1.82, 2.24) is 9.78 Å². The predicted molar refractivity (Wildman–Crippen MR) is 84.0 cm³/mol. The molecule has 2 rings (SSSR count). The van der Waals surface area contributed by atoms with E-state index < -0.39 is 0 Å². The standard InChI is InChI=1S/C17H25N3/c1-11-6-7-15(8-12(11)2)9-16(18)10-17-13(3)19-20(5)14(17)4/h6-8,16H,9-10,18H2,1-5H3. The van der Waals surface area contributed by atoms with E-state index in [2.05, 4.69) is 51.0 Å². The van der Waals surface area contributed by atoms with E-state index in [0.717, 1.165) is 18.5 Å². The molecule has 0 aliphatic heterocycles. The summed E-state index contributed by atoms with van der Waals surface area (Å²) < 4.78 is 1.94. The molecule has 0 spiro atoms. The van der Waals surface area contributed by atoms with Crippen molar-refractivity contribution in [1.29, 1.82) is 0 Å². The van der Waals surface area contributed by atoms with E-state index in [-0.39, 0.29) is 6.04 Å². The van der Waals surface area contributed by atoms with Gasteiger partial charge in [0.1, 0.15) is 0 Å². The topological polar surface area (TPSA) is 43.8 Å². The Bertz CT molecular complexity index is 611. The molecular weight excluding hydrogens is 246 g/mol. The van der Waals surface area contributed by atoms with Crippen LogP contribution in [0.3, 0.4) is 0 Å². The average molecular weight is 271 g/mol. The van der Waals surface area contributed by atoms with Crippen LogP contribution in [0.1, 0.15) is 33.6 Å². The van der Waals surface area contributed by atoms with Crippen molar-refractivity contribution in [3.63, 3.8) is 0 Å². The SMILES string of the molecule is Cc1ccc(CC(N)Cc2c(C)nn(C)c2C)cc1C. The van der Waals surface area contributed by atoms with Crippen LogP contribution in [0.5, 0.6) is 0 Å². The van der Waals surface area contributed by atoms with Crippen LogP contribution >= 0.6 is 0 Å². The maximum atomic E-state index is 6.34. The van der Waals surface area contributed by atoms with E-state index in [1.165, 1.54) is 27.9 Å². The summed E-state index contributed by atoms with van der Waals surface area (Å²) in [4.78, 5) is 0. The summed E-state index contributed by atoms with van der Waals surface area (Å²) in [5.41, 5.74) is 13.9. The van der Waals surface area contributed by atoms with Gasteiger partial charge in [0, 0.05) is 18.8 Å². The summed E-state index contributed by atoms with van der Waals surface area (Å²) in [6, 6.07) is 6.75. The van der Waals surface area contributed by atoms with Crippen molar-refractivity contribution in [2.45, 2.75) is 46.6 Å². The minimum Gasteiger partial charge on any atom is -0.327 e. The lowest BCUT2D eigenvalue weighted by Crippen LogP contribution is -2.26. The molecule has 1 atom stereocenters. The van der Waals surface area contributed by atoms with Crippen molar-refractivity contribution >= 4 is 0 Å². The Hall–Kier alpha value is -1.61. The first kappa shape index (κ1) is 14.8. The Morgan fingerprint density at radius 2 is 1.80 bits per heavy atom. The van der Waals surface area contributed by atoms with Crippen molar-refractivity contribution < 1.29 is 0 Å². The minimum atomic E-state index is 0.138. The van der Waals surface area contributed by atoms with Gasteiger partial charge in [0.15, 0.2) is 0 Å². The first-order valence-corrected chi connectivity index (χ1v) is 7.19. The molecule has 0 radical (unpaired) electrons. The summed E-state index contributed by atoms with van der Waals surface area (Å²) in [5, 5.41) is 4.46. The number of hydrogen-bond acceptors (Lipinski definition) is 2. The molecule has 3 heteroatoms. The van der Waals surface area contributed by atoms with E-state index in [4.69, 9.17) is 5.73 Å². The third-order valence-corrected chi connectivity index (χ3v) is 4.19. The second kappa shape index (κ2) is 5.80. The first-order valence-electron chi connectivity index (χ1n) is 7.19. The Balaban J connectivity index is 2.08. The average Bonchev–Trinajstić information content (AvgIpc) is 2.61. The third kappa shape index (κ3) is 3.10. The number of nitrogens with zero attached hydrogens (tertiary/aromatic N) is 2. The lowest BCUT2D eigenvalue weighted by molar-refractivity contribution is 0.658. The second-order valence-electron chi connectivity index (χ2n) is 5.86. The molecule has 0 saturated carbocycles. The van der Waals surface area contributed by atoms with Crippen molar-refractivity contribution in [2.24, 2.45) is 12.8 Å². The number of aryl methyl sites for hydroxylation is 4. The zero-order valence-electron chi connectivity index (χ0n) is 13.2. The Morgan fingerprint density at radius 3 is 2.35 bits per heavy atom. The molecule has 1 heterocycles. The number of benzene rings is 1. The highest BCUT2D eigenvalue weighted by Crippen LogP contribution is 2.16. The normalized spacial score (nSPS) is 12.7. The van der Waals surface area contributed by atoms with Crippen LogP contribution in [0.2, 0.25) is 0 Å². The fraction of sp³-hybridized carbons (Fsp3) is 0.471. The molecule has 0 bridgehead atoms. The van der Waals surface area contributed by atoms with Gasteiger partial charge >= 0.3 is 0 Å². The summed E-state index contributed by atoms with van der Waals surface area (Å²) in [6.07, 6.45) is 1.80. The van der Waals surface area contributed by atoms with Gasteiger partial charge in [-0.15, -0.1) is 0 Å². The van der Waals surface area contributed by atoms with Gasteiger partial charge in [0.25, 0.3) is 0 Å². The fourth-order valence-electron chi connectivity index (χ4n) is 2.68. The second-order valence-corrected chi connectivity index (χ2v) is 5.86. The molecule has 0 aliphatic rings. The van der Waals surface area contributed by atoms with Crippen LogP contribution < -0.4 is 5.73 Å². The van der Waals surface area contributed by atoms with Gasteiger partial charge in [-0.2, -0.15) is 5.10 Å². The zero-order valence-corrected chi connectivity index (χ0v) is 13.2. The summed E-state index contributed by atoms with van der Waals surface area (Å²) >= 11 is 0. The third-order valence-electron chi connectivity index (χ3n) is 4.19. The molecule has 20 heavy (non-hydrogen) atoms. The van der Waals surface area contributed by atoms with Gasteiger partial charge in [0.05, 0.1) is 5.69 Å². The smallest absolute Gasteiger partial charge is 0.0628 e. The van der Waals surface area contributed by atoms with E-state index in [1.54, 1.807) is 0 Å². The van der Waals surface area contributed by atoms with Crippen LogP contribution in [0, 0.1) is 27.7 Å². The molecule has 0 saturated heterocycles. The summed E-state index contributed by atoms with van der Waals surface area (Å²) in [5.74, 6) is 0. The Labute approximate surface area is 121 Å². The number of nitrogens with two attached hydrogens (primary N) is 1. The highest BCUT2D eigenvalue weighted by molar-refractivity contribution is 5.31. The van der Waals surface area contributed by atoms with Crippen LogP contribution in [0.15, 0.2) is 18.2 Å². The molecule has 1 unspecified atom stereocenters. The lowest BCUT2D eigenvalue weighted by atomic mass is 9.96. The van der Waals surface area contributed by atoms with Crippen molar-refractivity contribution in [3.8, 4) is 0 Å². The largest absolute Gasteiger partial charge is 0.327 e. The van der Waals surface area contributed by atoms with E-state index >= 15 is 0 Å². The number of aromatic nitrogens is 2. The van der Waals surface area contributed by atoms with Gasteiger partial charge < -0.3 is 5.73 Å². The fourth-order valence-corrected chi connectivity index (χ4v) is 2.68. The van der Waals surface area contributed by atoms with Crippen LogP contribution in [0.25, 0.3) is 0 Å². The maximum absolute atomic E-state index is 6.34.